The van der Waals surface area contributed by atoms with Gasteiger partial charge in [0.25, 0.3) is 0 Å². The van der Waals surface area contributed by atoms with Crippen molar-refractivity contribution in [2.45, 2.75) is 45.3 Å². The minimum Gasteiger partial charge on any atom is -0.463 e. The van der Waals surface area contributed by atoms with E-state index in [1.807, 2.05) is 0 Å². The average molecular weight is 184 g/mol. The lowest BCUT2D eigenvalue weighted by atomic mass is 10.1. The Kier molecular flexibility index (Phi) is 5.99. The lowest BCUT2D eigenvalue weighted by Crippen LogP contribution is -2.12. The summed E-state index contributed by atoms with van der Waals surface area (Å²) in [7, 11) is 0. The maximum Gasteiger partial charge on any atom is 0.306 e. The Labute approximate surface area is 79.1 Å². The molecule has 0 spiro atoms. The van der Waals surface area contributed by atoms with Crippen molar-refractivity contribution in [2.24, 2.45) is 0 Å². The van der Waals surface area contributed by atoms with E-state index in [9.17, 15) is 4.79 Å². The molecule has 0 radical (unpaired) electrons. The van der Waals surface area contributed by atoms with Gasteiger partial charge in [-0.1, -0.05) is 5.92 Å². The quantitative estimate of drug-likeness (QED) is 0.514. The number of carbonyl (C=O) groups is 1. The molecule has 74 valence electrons. The van der Waals surface area contributed by atoms with E-state index in [-0.39, 0.29) is 12.1 Å². The Hall–Kier alpha value is -1.01. The van der Waals surface area contributed by atoms with E-state index < -0.39 is 6.10 Å². The van der Waals surface area contributed by atoms with Crippen molar-refractivity contribution in [1.29, 1.82) is 0 Å². The summed E-state index contributed by atoms with van der Waals surface area (Å²) in [6.45, 7) is 3.60. The first kappa shape index (κ1) is 12.0. The first-order valence-electron chi connectivity index (χ1n) is 4.40. The van der Waals surface area contributed by atoms with Crippen LogP contribution in [0.4, 0.5) is 0 Å². The van der Waals surface area contributed by atoms with Gasteiger partial charge in [-0.15, -0.1) is 6.42 Å². The molecule has 0 aliphatic rings. The highest BCUT2D eigenvalue weighted by Gasteiger charge is 2.06. The summed E-state index contributed by atoms with van der Waals surface area (Å²) < 4.78 is 4.89. The number of rotatable bonds is 5. The zero-order chi connectivity index (χ0) is 10.3. The second-order valence-corrected chi connectivity index (χ2v) is 3.11. The number of aliphatic hydroxyl groups is 1. The monoisotopic (exact) mass is 184 g/mol. The molecule has 0 heterocycles. The maximum absolute atomic E-state index is 11.0. The molecule has 0 amide bonds. The number of hydrogen-bond donors (Lipinski definition) is 1. The van der Waals surface area contributed by atoms with Crippen LogP contribution >= 0.6 is 0 Å². The molecule has 0 aromatic rings. The molecule has 1 atom stereocenters. The highest BCUT2D eigenvalue weighted by Crippen LogP contribution is 2.02. The van der Waals surface area contributed by atoms with Gasteiger partial charge in [0.05, 0.1) is 6.10 Å². The van der Waals surface area contributed by atoms with Crippen molar-refractivity contribution in [3.63, 3.8) is 0 Å². The van der Waals surface area contributed by atoms with Crippen LogP contribution in [0, 0.1) is 12.3 Å². The molecule has 3 nitrogen and oxygen atoms in total. The smallest absolute Gasteiger partial charge is 0.306 e. The summed E-state index contributed by atoms with van der Waals surface area (Å²) in [5.74, 6) is 1.95. The topological polar surface area (TPSA) is 46.5 Å². The Balaban J connectivity index is 3.44. The van der Waals surface area contributed by atoms with Gasteiger partial charge < -0.3 is 9.84 Å². The van der Waals surface area contributed by atoms with Gasteiger partial charge in [-0.25, -0.2) is 0 Å². The summed E-state index contributed by atoms with van der Waals surface area (Å²) in [6.07, 6.45) is 5.46. The fourth-order valence-electron chi connectivity index (χ4n) is 0.845. The summed E-state index contributed by atoms with van der Waals surface area (Å²) in [5, 5.41) is 8.96. The van der Waals surface area contributed by atoms with Crippen LogP contribution in [0.1, 0.15) is 33.1 Å². The Morgan fingerprint density at radius 1 is 1.62 bits per heavy atom. The average Bonchev–Trinajstić information content (AvgIpc) is 2.02. The molecule has 0 rings (SSSR count). The predicted octanol–water partition coefficient (Wildman–Crippen LogP) is 1.10. The lowest BCUT2D eigenvalue weighted by molar-refractivity contribution is -0.147. The van der Waals surface area contributed by atoms with Gasteiger partial charge in [0.1, 0.15) is 6.10 Å². The minimum absolute atomic E-state index is 0.0787. The number of ether oxygens (including phenoxy) is 1. The highest BCUT2D eigenvalue weighted by molar-refractivity contribution is 5.69. The molecule has 0 aliphatic heterocycles. The van der Waals surface area contributed by atoms with Crippen LogP contribution in [0.3, 0.4) is 0 Å². The molecular weight excluding hydrogens is 168 g/mol. The third kappa shape index (κ3) is 7.35. The fourth-order valence-corrected chi connectivity index (χ4v) is 0.845. The molecule has 0 aromatic heterocycles. The normalized spacial score (nSPS) is 12.2. The molecule has 0 aromatic carbocycles. The SMILES string of the molecule is C#CC(O)CCCC(=O)OC(C)C. The Morgan fingerprint density at radius 3 is 2.69 bits per heavy atom. The first-order valence-corrected chi connectivity index (χ1v) is 4.40. The highest BCUT2D eigenvalue weighted by atomic mass is 16.5. The maximum atomic E-state index is 11.0. The molecule has 0 saturated carbocycles. The van der Waals surface area contributed by atoms with E-state index >= 15 is 0 Å². The van der Waals surface area contributed by atoms with Crippen molar-refractivity contribution in [3.05, 3.63) is 0 Å². The second kappa shape index (κ2) is 6.50. The summed E-state index contributed by atoms with van der Waals surface area (Å²) >= 11 is 0. The molecule has 13 heavy (non-hydrogen) atoms. The van der Waals surface area contributed by atoms with Gasteiger partial charge in [0.2, 0.25) is 0 Å². The molecule has 0 bridgehead atoms. The van der Waals surface area contributed by atoms with E-state index in [2.05, 4.69) is 5.92 Å². The van der Waals surface area contributed by atoms with Crippen molar-refractivity contribution in [1.82, 2.24) is 0 Å². The Bertz CT molecular complexity index is 191. The fraction of sp³-hybridized carbons (Fsp3) is 0.700. The van der Waals surface area contributed by atoms with E-state index in [1.165, 1.54) is 0 Å². The largest absolute Gasteiger partial charge is 0.463 e. The summed E-state index contributed by atoms with van der Waals surface area (Å²) in [4.78, 5) is 11.0. The van der Waals surface area contributed by atoms with Crippen molar-refractivity contribution < 1.29 is 14.6 Å². The third-order valence-corrected chi connectivity index (χ3v) is 1.42. The molecule has 0 saturated heterocycles. The van der Waals surface area contributed by atoms with Crippen LogP contribution in [0.5, 0.6) is 0 Å². The molecular formula is C10H16O3. The zero-order valence-corrected chi connectivity index (χ0v) is 8.12. The van der Waals surface area contributed by atoms with E-state index in [1.54, 1.807) is 13.8 Å². The molecule has 3 heteroatoms. The molecule has 1 N–H and O–H groups in total. The molecule has 1 unspecified atom stereocenters. The van der Waals surface area contributed by atoms with Crippen LogP contribution < -0.4 is 0 Å². The van der Waals surface area contributed by atoms with Crippen LogP contribution in [0.25, 0.3) is 0 Å². The Morgan fingerprint density at radius 2 is 2.23 bits per heavy atom. The number of esters is 1. The number of hydrogen-bond acceptors (Lipinski definition) is 3. The summed E-state index contributed by atoms with van der Waals surface area (Å²) in [5.41, 5.74) is 0. The van der Waals surface area contributed by atoms with Crippen molar-refractivity contribution >= 4 is 5.97 Å². The minimum atomic E-state index is -0.744. The number of aliphatic hydroxyl groups excluding tert-OH is 1. The van der Waals surface area contributed by atoms with E-state index in [0.29, 0.717) is 19.3 Å². The van der Waals surface area contributed by atoms with Gasteiger partial charge in [0.15, 0.2) is 0 Å². The van der Waals surface area contributed by atoms with Crippen LogP contribution in [-0.2, 0) is 9.53 Å². The van der Waals surface area contributed by atoms with Gasteiger partial charge in [-0.3, -0.25) is 4.79 Å². The van der Waals surface area contributed by atoms with Gasteiger partial charge in [-0.05, 0) is 26.7 Å². The summed E-state index contributed by atoms with van der Waals surface area (Å²) in [6, 6.07) is 0. The van der Waals surface area contributed by atoms with E-state index in [4.69, 9.17) is 16.3 Å². The van der Waals surface area contributed by atoms with Crippen LogP contribution in [-0.4, -0.2) is 23.3 Å². The first-order chi connectivity index (χ1) is 6.06. The second-order valence-electron chi connectivity index (χ2n) is 3.11. The standard InChI is InChI=1S/C10H16O3/c1-4-9(11)6-5-7-10(12)13-8(2)3/h1,8-9,11H,5-7H2,2-3H3. The predicted molar refractivity (Wildman–Crippen MR) is 49.9 cm³/mol. The van der Waals surface area contributed by atoms with Crippen LogP contribution in [0.2, 0.25) is 0 Å². The van der Waals surface area contributed by atoms with Gasteiger partial charge >= 0.3 is 5.97 Å². The molecule has 0 fully saturated rings. The van der Waals surface area contributed by atoms with Gasteiger partial charge in [0, 0.05) is 6.42 Å². The van der Waals surface area contributed by atoms with Crippen molar-refractivity contribution in [3.8, 4) is 12.3 Å². The zero-order valence-electron chi connectivity index (χ0n) is 8.12. The van der Waals surface area contributed by atoms with E-state index in [0.717, 1.165) is 0 Å². The van der Waals surface area contributed by atoms with Crippen LogP contribution in [0.15, 0.2) is 0 Å². The van der Waals surface area contributed by atoms with Gasteiger partial charge in [-0.2, -0.15) is 0 Å². The lowest BCUT2D eigenvalue weighted by Gasteiger charge is -2.07. The number of carbonyl (C=O) groups excluding carboxylic acids is 1. The number of terminal acetylenes is 1. The molecule has 0 aliphatic carbocycles. The third-order valence-electron chi connectivity index (χ3n) is 1.42. The van der Waals surface area contributed by atoms with Crippen molar-refractivity contribution in [2.75, 3.05) is 0 Å².